The topological polar surface area (TPSA) is 212 Å². The minimum atomic E-state index is -2.45. The Morgan fingerprint density at radius 1 is 0.800 bits per heavy atom. The van der Waals surface area contributed by atoms with Crippen LogP contribution in [0.25, 0.3) is 0 Å². The number of amides is 1. The quantitative estimate of drug-likeness (QED) is 0.175. The van der Waals surface area contributed by atoms with Gasteiger partial charge in [-0.2, -0.15) is 0 Å². The lowest BCUT2D eigenvalue weighted by molar-refractivity contribution is -0.265. The van der Waals surface area contributed by atoms with Crippen LogP contribution in [0.3, 0.4) is 0 Å². The number of methoxy groups -OCH3 is 3. The largest absolute Gasteiger partial charge is 0.460 e. The van der Waals surface area contributed by atoms with Crippen LogP contribution in [0.4, 0.5) is 0 Å². The molecule has 0 aromatic heterocycles. The zero-order chi connectivity index (χ0) is 48.2. The molecule has 14 atom stereocenters. The Kier molecular flexibility index (Phi) is 20.9. The Morgan fingerprint density at radius 2 is 1.52 bits per heavy atom. The van der Waals surface area contributed by atoms with Gasteiger partial charge in [0.2, 0.25) is 5.79 Å². The predicted molar refractivity (Wildman–Crippen MR) is 241 cm³/mol. The second kappa shape index (κ2) is 25.1. The molecule has 1 aliphatic carbocycles. The number of aliphatic hydroxyl groups is 3. The highest BCUT2D eigenvalue weighted by Crippen LogP contribution is 2.37. The number of Topliss-reactive ketones (excluding diaryl/α,β-unsaturated/α-hetero) is 4. The van der Waals surface area contributed by atoms with Gasteiger partial charge in [0, 0.05) is 70.8 Å². The number of allylic oxidation sites excluding steroid dienone is 4. The van der Waals surface area contributed by atoms with Gasteiger partial charge in [0.25, 0.3) is 11.7 Å². The van der Waals surface area contributed by atoms with E-state index in [0.717, 1.165) is 12.0 Å². The van der Waals surface area contributed by atoms with E-state index >= 15 is 0 Å². The fourth-order valence-electron chi connectivity index (χ4n) is 9.90. The lowest BCUT2D eigenvalue weighted by Gasteiger charge is -2.42. The number of cyclic esters (lactones) is 1. The zero-order valence-corrected chi connectivity index (χ0v) is 40.2. The van der Waals surface area contributed by atoms with E-state index in [1.807, 2.05) is 13.0 Å². The minimum Gasteiger partial charge on any atom is -0.460 e. The van der Waals surface area contributed by atoms with E-state index in [1.165, 1.54) is 19.1 Å². The number of ether oxygens (including phenoxy) is 5. The Morgan fingerprint density at radius 3 is 2.20 bits per heavy atom. The molecule has 4 aliphatic rings. The molecule has 0 aromatic rings. The van der Waals surface area contributed by atoms with Crippen molar-refractivity contribution in [2.45, 2.75) is 186 Å². The number of hydrogen-bond acceptors (Lipinski definition) is 14. The highest BCUT2D eigenvalue weighted by atomic mass is 16.6. The second-order valence-corrected chi connectivity index (χ2v) is 19.3. The molecule has 3 N–H and O–H groups in total. The van der Waals surface area contributed by atoms with E-state index in [-0.39, 0.29) is 68.0 Å². The summed E-state index contributed by atoms with van der Waals surface area (Å²) in [6.45, 7) is 10.3. The van der Waals surface area contributed by atoms with Gasteiger partial charge < -0.3 is 43.9 Å². The van der Waals surface area contributed by atoms with Crippen LogP contribution in [0.15, 0.2) is 35.5 Å². The predicted octanol–water partition coefficient (Wildman–Crippen LogP) is 5.34. The van der Waals surface area contributed by atoms with Crippen molar-refractivity contribution in [1.29, 1.82) is 0 Å². The summed E-state index contributed by atoms with van der Waals surface area (Å²) in [5, 5.41) is 33.7. The highest BCUT2D eigenvalue weighted by molar-refractivity contribution is 6.39. The van der Waals surface area contributed by atoms with E-state index in [0.29, 0.717) is 56.9 Å². The summed E-state index contributed by atoms with van der Waals surface area (Å²) in [4.78, 5) is 84.5. The fraction of sp³-hybridized carbons (Fsp3) is 0.760. The van der Waals surface area contributed by atoms with Gasteiger partial charge in [-0.3, -0.25) is 24.0 Å². The van der Waals surface area contributed by atoms with E-state index in [9.17, 15) is 44.1 Å². The SMILES string of the molecule is CO[C@H]1CC2CC[C@@H](C)[C@@](O)(O2)C(=O)C(=O)N2CCCC[C@H]2C(=O)O[C@H](CC[C@@H]2CC[C@@H](O)[C@H](OC)C2)CC(=O)[C@H](C)/C=C(\C)[C@@H](O)[C@@H](OC)C(=O)[C@H](C)C[C@H](C)C(=O)C/C=C/C=C/1C. The Hall–Kier alpha value is -3.44. The second-order valence-electron chi connectivity index (χ2n) is 19.3. The Bertz CT molecular complexity index is 1760. The maximum absolute atomic E-state index is 14.2. The number of rotatable bonds is 6. The maximum atomic E-state index is 14.2. The molecule has 1 unspecified atom stereocenters. The molecule has 0 spiro atoms. The average molecular weight is 916 g/mol. The molecular formula is C50H77NO14. The molecule has 2 saturated heterocycles. The highest BCUT2D eigenvalue weighted by Gasteiger charge is 2.53. The van der Waals surface area contributed by atoms with Gasteiger partial charge in [0.05, 0.1) is 24.4 Å². The number of ketones is 4. The van der Waals surface area contributed by atoms with Crippen LogP contribution < -0.4 is 0 Å². The van der Waals surface area contributed by atoms with Crippen molar-refractivity contribution in [3.05, 3.63) is 35.5 Å². The fourth-order valence-corrected chi connectivity index (χ4v) is 9.90. The minimum absolute atomic E-state index is 0.0723. The van der Waals surface area contributed by atoms with E-state index in [2.05, 4.69) is 0 Å². The van der Waals surface area contributed by atoms with Crippen LogP contribution in [0.1, 0.15) is 131 Å². The van der Waals surface area contributed by atoms with Gasteiger partial charge in [-0.25, -0.2) is 4.79 Å². The molecule has 1 amide bonds. The van der Waals surface area contributed by atoms with Crippen LogP contribution in [-0.2, 0) is 52.5 Å². The van der Waals surface area contributed by atoms with Crippen molar-refractivity contribution < 1.29 is 67.8 Å². The van der Waals surface area contributed by atoms with Crippen molar-refractivity contribution >= 4 is 35.0 Å². The van der Waals surface area contributed by atoms with Crippen molar-refractivity contribution in [1.82, 2.24) is 4.90 Å². The molecule has 15 heteroatoms. The average Bonchev–Trinajstić information content (AvgIpc) is 3.29. The third-order valence-corrected chi connectivity index (χ3v) is 14.4. The van der Waals surface area contributed by atoms with E-state index < -0.39 is 89.8 Å². The van der Waals surface area contributed by atoms with E-state index in [1.54, 1.807) is 60.0 Å². The molecule has 0 radical (unpaired) electrons. The van der Waals surface area contributed by atoms with Crippen molar-refractivity contribution in [3.63, 3.8) is 0 Å². The third kappa shape index (κ3) is 14.3. The van der Waals surface area contributed by atoms with Crippen LogP contribution in [0.5, 0.6) is 0 Å². The van der Waals surface area contributed by atoms with Crippen LogP contribution in [0, 0.1) is 29.6 Å². The molecule has 3 heterocycles. The molecule has 4 rings (SSSR count). The molecule has 15 nitrogen and oxygen atoms in total. The first-order chi connectivity index (χ1) is 30.7. The van der Waals surface area contributed by atoms with Crippen LogP contribution in [-0.4, -0.2) is 138 Å². The third-order valence-electron chi connectivity index (χ3n) is 14.4. The lowest BCUT2D eigenvalue weighted by Crippen LogP contribution is -2.60. The molecule has 3 aliphatic heterocycles. The number of hydrogen-bond donors (Lipinski definition) is 3. The number of carbonyl (C=O) groups excluding carboxylic acids is 6. The molecule has 65 heavy (non-hydrogen) atoms. The van der Waals surface area contributed by atoms with Crippen molar-refractivity contribution in [2.24, 2.45) is 29.6 Å². The number of fused-ring (bicyclic) bond motifs is 3. The molecular weight excluding hydrogens is 839 g/mol. The lowest BCUT2D eigenvalue weighted by atomic mass is 9.81. The summed E-state index contributed by atoms with van der Waals surface area (Å²) >= 11 is 0. The smallest absolute Gasteiger partial charge is 0.329 e. The first kappa shape index (κ1) is 54.2. The molecule has 0 aromatic carbocycles. The summed E-state index contributed by atoms with van der Waals surface area (Å²) < 4.78 is 29.1. The van der Waals surface area contributed by atoms with Gasteiger partial charge in [-0.05, 0) is 102 Å². The van der Waals surface area contributed by atoms with Crippen LogP contribution >= 0.6 is 0 Å². The molecule has 3 fully saturated rings. The normalized spacial score (nSPS) is 39.7. The first-order valence-corrected chi connectivity index (χ1v) is 23.8. The number of carbonyl (C=O) groups is 6. The summed E-state index contributed by atoms with van der Waals surface area (Å²) in [5.41, 5.74) is 1.13. The van der Waals surface area contributed by atoms with Crippen molar-refractivity contribution in [2.75, 3.05) is 27.9 Å². The maximum Gasteiger partial charge on any atom is 0.329 e. The first-order valence-electron chi connectivity index (χ1n) is 23.8. The molecule has 366 valence electrons. The number of nitrogens with zero attached hydrogens (tertiary/aromatic N) is 1. The van der Waals surface area contributed by atoms with E-state index in [4.69, 9.17) is 23.7 Å². The van der Waals surface area contributed by atoms with Gasteiger partial charge in [-0.15, -0.1) is 0 Å². The van der Waals surface area contributed by atoms with Crippen molar-refractivity contribution in [3.8, 4) is 0 Å². The Labute approximate surface area is 385 Å². The molecule has 2 bridgehead atoms. The zero-order valence-electron chi connectivity index (χ0n) is 40.2. The number of piperidine rings is 1. The standard InChI is InChI=1S/C50H77NO14/c1-29-14-10-11-16-39(52)30(2)24-32(4)44(55)46(63-9)45(56)33(5)25-31(3)41(54)27-36(21-18-35-19-22-40(53)43(26-35)62-8)64-49(59)38-15-12-13-23-51(38)48(58)47(57)50(60)34(6)17-20-37(65-50)28-42(29)61-7/h10-11,14,25,30-32,34-38,40,42-43,45-46,53,56,60H,12-13,15-24,26-28H2,1-9H3/b11-10+,29-14+,33-25+/t30-,31+,32+,34+,35+,36+,37?,38-,40+,42-,43+,45+,46-,50+/m0/s1. The van der Waals surface area contributed by atoms with Gasteiger partial charge in [-0.1, -0.05) is 52.0 Å². The number of aliphatic hydroxyl groups excluding tert-OH is 2. The van der Waals surface area contributed by atoms with Gasteiger partial charge in [0.15, 0.2) is 5.78 Å². The molecule has 1 saturated carbocycles. The Balaban J connectivity index is 1.68. The van der Waals surface area contributed by atoms with Crippen LogP contribution in [0.2, 0.25) is 0 Å². The van der Waals surface area contributed by atoms with Gasteiger partial charge >= 0.3 is 5.97 Å². The monoisotopic (exact) mass is 916 g/mol. The summed E-state index contributed by atoms with van der Waals surface area (Å²) in [7, 11) is 4.42. The summed E-state index contributed by atoms with van der Waals surface area (Å²) in [6.07, 6.45) is 6.57. The summed E-state index contributed by atoms with van der Waals surface area (Å²) in [6, 6.07) is -1.15. The number of esters is 1. The van der Waals surface area contributed by atoms with Gasteiger partial charge in [0.1, 0.15) is 35.9 Å². The summed E-state index contributed by atoms with van der Waals surface area (Å²) in [5.74, 6) is -8.64.